The molecule has 3 rings (SSSR count). The quantitative estimate of drug-likeness (QED) is 0.585. The second kappa shape index (κ2) is 10.5. The highest BCUT2D eigenvalue weighted by Gasteiger charge is 2.30. The molecule has 5 nitrogen and oxygen atoms in total. The largest absolute Gasteiger partial charge is 0.493 e. The Morgan fingerprint density at radius 1 is 1.25 bits per heavy atom. The number of halogens is 3. The number of ether oxygens (including phenoxy) is 1. The predicted molar refractivity (Wildman–Crippen MR) is 119 cm³/mol. The number of amides is 2. The van der Waals surface area contributed by atoms with E-state index in [1.54, 1.807) is 17.2 Å². The first kappa shape index (κ1) is 23.6. The van der Waals surface area contributed by atoms with Crippen molar-refractivity contribution in [2.45, 2.75) is 39.3 Å². The first-order chi connectivity index (χ1) is 15.2. The van der Waals surface area contributed by atoms with Gasteiger partial charge in [0, 0.05) is 25.2 Å². The summed E-state index contributed by atoms with van der Waals surface area (Å²) in [5.41, 5.74) is 3.71. The Morgan fingerprint density at radius 3 is 2.66 bits per heavy atom. The van der Waals surface area contributed by atoms with Crippen LogP contribution in [0.2, 0.25) is 0 Å². The number of aryl methyl sites for hydroxylation is 1. The molecule has 2 heterocycles. The number of nitrogens with zero attached hydrogens (tertiary/aromatic N) is 2. The maximum atomic E-state index is 12.5. The Bertz CT molecular complexity index is 932. The molecule has 8 heteroatoms. The Kier molecular flexibility index (Phi) is 7.77. The number of urea groups is 1. The van der Waals surface area contributed by atoms with Gasteiger partial charge in [0.05, 0.1) is 18.5 Å². The molecular formula is C24H28F3N3O2. The lowest BCUT2D eigenvalue weighted by Gasteiger charge is -2.28. The van der Waals surface area contributed by atoms with E-state index in [-0.39, 0.29) is 12.6 Å². The third kappa shape index (κ3) is 7.59. The van der Waals surface area contributed by atoms with Crippen LogP contribution < -0.4 is 10.1 Å². The van der Waals surface area contributed by atoms with Crippen LogP contribution in [0.15, 0.2) is 48.2 Å². The van der Waals surface area contributed by atoms with Gasteiger partial charge in [-0.1, -0.05) is 30.7 Å². The summed E-state index contributed by atoms with van der Waals surface area (Å²) in [7, 11) is 0. The lowest BCUT2D eigenvalue weighted by molar-refractivity contribution is -0.145. The number of rotatable bonds is 6. The summed E-state index contributed by atoms with van der Waals surface area (Å²) in [4.78, 5) is 18.4. The van der Waals surface area contributed by atoms with Gasteiger partial charge in [-0.25, -0.2) is 4.79 Å². The molecule has 1 aromatic heterocycles. The van der Waals surface area contributed by atoms with Crippen molar-refractivity contribution in [3.05, 3.63) is 59.4 Å². The van der Waals surface area contributed by atoms with Crippen LogP contribution in [0.3, 0.4) is 0 Å². The number of anilines is 1. The first-order valence-corrected chi connectivity index (χ1v) is 10.7. The number of hydrogen-bond acceptors (Lipinski definition) is 3. The fourth-order valence-corrected chi connectivity index (χ4v) is 3.51. The fourth-order valence-electron chi connectivity index (χ4n) is 3.51. The van der Waals surface area contributed by atoms with Crippen LogP contribution in [0, 0.1) is 12.8 Å². The van der Waals surface area contributed by atoms with E-state index in [0.717, 1.165) is 24.1 Å². The Morgan fingerprint density at radius 2 is 2.00 bits per heavy atom. The molecule has 1 saturated heterocycles. The minimum Gasteiger partial charge on any atom is -0.493 e. The highest BCUT2D eigenvalue weighted by molar-refractivity contribution is 5.89. The zero-order valence-electron chi connectivity index (χ0n) is 18.3. The molecule has 2 amide bonds. The van der Waals surface area contributed by atoms with Crippen molar-refractivity contribution in [2.75, 3.05) is 25.0 Å². The number of nitrogens with one attached hydrogen (secondary N) is 1. The van der Waals surface area contributed by atoms with E-state index in [1.165, 1.54) is 12.5 Å². The molecule has 172 valence electrons. The van der Waals surface area contributed by atoms with Crippen LogP contribution in [0.5, 0.6) is 5.75 Å². The van der Waals surface area contributed by atoms with Gasteiger partial charge in [0.25, 0.3) is 0 Å². The molecule has 0 aliphatic carbocycles. The highest BCUT2D eigenvalue weighted by atomic mass is 19.4. The van der Waals surface area contributed by atoms with Crippen molar-refractivity contribution >= 4 is 17.8 Å². The normalized spacial score (nSPS) is 15.3. The third-order valence-corrected chi connectivity index (χ3v) is 5.20. The summed E-state index contributed by atoms with van der Waals surface area (Å²) < 4.78 is 42.9. The van der Waals surface area contributed by atoms with E-state index in [1.807, 2.05) is 37.3 Å². The smallest absolute Gasteiger partial charge is 0.389 e. The van der Waals surface area contributed by atoms with Gasteiger partial charge >= 0.3 is 12.2 Å². The monoisotopic (exact) mass is 447 g/mol. The second-order valence-electron chi connectivity index (χ2n) is 8.22. The molecule has 1 aliphatic rings. The number of benzene rings is 1. The molecule has 0 saturated carbocycles. The van der Waals surface area contributed by atoms with Crippen molar-refractivity contribution in [3.63, 3.8) is 0 Å². The van der Waals surface area contributed by atoms with Gasteiger partial charge in [-0.3, -0.25) is 4.98 Å². The maximum Gasteiger partial charge on any atom is 0.389 e. The molecule has 0 bridgehead atoms. The Hall–Kier alpha value is -3.03. The second-order valence-corrected chi connectivity index (χ2v) is 8.22. The molecule has 1 aromatic carbocycles. The first-order valence-electron chi connectivity index (χ1n) is 10.7. The van der Waals surface area contributed by atoms with Gasteiger partial charge in [-0.2, -0.15) is 13.2 Å². The Labute approximate surface area is 186 Å². The van der Waals surface area contributed by atoms with Gasteiger partial charge in [0.1, 0.15) is 5.75 Å². The van der Waals surface area contributed by atoms with Crippen LogP contribution in [0.1, 0.15) is 37.4 Å². The highest BCUT2D eigenvalue weighted by Crippen LogP contribution is 2.26. The van der Waals surface area contributed by atoms with E-state index in [0.29, 0.717) is 24.5 Å². The molecule has 1 unspecified atom stereocenters. The van der Waals surface area contributed by atoms with Crippen LogP contribution in [-0.4, -0.2) is 41.8 Å². The summed E-state index contributed by atoms with van der Waals surface area (Å²) in [6, 6.07) is 10.9. The maximum absolute atomic E-state index is 12.5. The van der Waals surface area contributed by atoms with E-state index >= 15 is 0 Å². The zero-order valence-corrected chi connectivity index (χ0v) is 18.3. The van der Waals surface area contributed by atoms with Gasteiger partial charge in [0.15, 0.2) is 0 Å². The number of carbonyl (C=O) groups is 1. The number of piperidine rings is 1. The minimum absolute atomic E-state index is 0.0140. The van der Waals surface area contributed by atoms with E-state index in [4.69, 9.17) is 4.74 Å². The fraction of sp³-hybridized carbons (Fsp3) is 0.417. The third-order valence-electron chi connectivity index (χ3n) is 5.20. The standard InChI is InChI=1S/C24H28F3N3O2/c1-17(14-24(25,26)27)16-32-22-5-3-4-20(13-22)12-19-8-10-30(11-9-19)23(31)29-21-7-6-18(2)28-15-21/h3-7,12-13,15,17H,8-11,14,16H2,1-2H3,(H,29,31). The summed E-state index contributed by atoms with van der Waals surface area (Å²) in [6.45, 7) is 4.66. The number of hydrogen-bond donors (Lipinski definition) is 1. The van der Waals surface area contributed by atoms with Crippen LogP contribution in [0.25, 0.3) is 6.08 Å². The topological polar surface area (TPSA) is 54.5 Å². The molecule has 1 atom stereocenters. The summed E-state index contributed by atoms with van der Waals surface area (Å²) >= 11 is 0. The number of carbonyl (C=O) groups excluding carboxylic acids is 1. The van der Waals surface area contributed by atoms with Crippen LogP contribution in [-0.2, 0) is 0 Å². The molecular weight excluding hydrogens is 419 g/mol. The van der Waals surface area contributed by atoms with E-state index < -0.39 is 18.5 Å². The average molecular weight is 448 g/mol. The molecule has 1 aliphatic heterocycles. The van der Waals surface area contributed by atoms with Crippen molar-refractivity contribution in [2.24, 2.45) is 5.92 Å². The number of aromatic nitrogens is 1. The number of pyridine rings is 1. The van der Waals surface area contributed by atoms with Gasteiger partial charge in [-0.15, -0.1) is 0 Å². The van der Waals surface area contributed by atoms with Gasteiger partial charge in [-0.05, 0) is 55.5 Å². The lowest BCUT2D eigenvalue weighted by atomic mass is 10.0. The summed E-state index contributed by atoms with van der Waals surface area (Å²) in [6.07, 6.45) is 0.173. The zero-order chi connectivity index (χ0) is 23.1. The molecule has 2 aromatic rings. The van der Waals surface area contributed by atoms with Crippen molar-refractivity contribution in [1.82, 2.24) is 9.88 Å². The molecule has 1 fully saturated rings. The predicted octanol–water partition coefficient (Wildman–Crippen LogP) is 6.07. The SMILES string of the molecule is Cc1ccc(NC(=O)N2CCC(=Cc3cccc(OCC(C)CC(F)(F)F)c3)CC2)cn1. The van der Waals surface area contributed by atoms with Crippen molar-refractivity contribution in [1.29, 1.82) is 0 Å². The van der Waals surface area contributed by atoms with Crippen LogP contribution >= 0.6 is 0 Å². The molecule has 1 N–H and O–H groups in total. The lowest BCUT2D eigenvalue weighted by Crippen LogP contribution is -2.39. The van der Waals surface area contributed by atoms with Gasteiger partial charge < -0.3 is 15.0 Å². The number of likely N-dealkylation sites (tertiary alicyclic amines) is 1. The Balaban J connectivity index is 1.50. The van der Waals surface area contributed by atoms with E-state index in [2.05, 4.69) is 16.4 Å². The molecule has 0 spiro atoms. The number of alkyl halides is 3. The molecule has 0 radical (unpaired) electrons. The van der Waals surface area contributed by atoms with E-state index in [9.17, 15) is 18.0 Å². The summed E-state index contributed by atoms with van der Waals surface area (Å²) in [5.74, 6) is -0.0555. The van der Waals surface area contributed by atoms with Crippen LogP contribution in [0.4, 0.5) is 23.7 Å². The average Bonchev–Trinajstić information content (AvgIpc) is 2.73. The van der Waals surface area contributed by atoms with Gasteiger partial charge in [0.2, 0.25) is 0 Å². The molecule has 32 heavy (non-hydrogen) atoms. The van der Waals surface area contributed by atoms with Crippen molar-refractivity contribution in [3.8, 4) is 5.75 Å². The van der Waals surface area contributed by atoms with Crippen molar-refractivity contribution < 1.29 is 22.7 Å². The summed E-state index contributed by atoms with van der Waals surface area (Å²) in [5, 5.41) is 2.87. The minimum atomic E-state index is -4.18.